The summed E-state index contributed by atoms with van der Waals surface area (Å²) in [4.78, 5) is 2.64. The molecule has 2 aliphatic heterocycles. The molecular formula is C13H24BF3N2O2. The first-order valence-corrected chi connectivity index (χ1v) is 7.18. The summed E-state index contributed by atoms with van der Waals surface area (Å²) in [6, 6.07) is 0. The molecule has 2 heterocycles. The highest BCUT2D eigenvalue weighted by Crippen LogP contribution is 2.42. The number of alkyl halides is 3. The van der Waals surface area contributed by atoms with Gasteiger partial charge in [0, 0.05) is 18.9 Å². The van der Waals surface area contributed by atoms with Crippen molar-refractivity contribution >= 4 is 7.12 Å². The zero-order chi connectivity index (χ0) is 16.2. The summed E-state index contributed by atoms with van der Waals surface area (Å²) in [5.74, 6) is -0.111. The van der Waals surface area contributed by atoms with Gasteiger partial charge in [-0.1, -0.05) is 0 Å². The van der Waals surface area contributed by atoms with Gasteiger partial charge in [-0.25, -0.2) is 0 Å². The highest BCUT2D eigenvalue weighted by Gasteiger charge is 2.57. The maximum absolute atomic E-state index is 13.0. The van der Waals surface area contributed by atoms with Crippen LogP contribution in [-0.4, -0.2) is 67.6 Å². The van der Waals surface area contributed by atoms with Crippen molar-refractivity contribution < 1.29 is 22.5 Å². The molecule has 4 nitrogen and oxygen atoms in total. The molecule has 0 aromatic rings. The monoisotopic (exact) mass is 308 g/mol. The van der Waals surface area contributed by atoms with Crippen LogP contribution in [0.1, 0.15) is 27.7 Å². The molecule has 2 saturated heterocycles. The van der Waals surface area contributed by atoms with E-state index in [-0.39, 0.29) is 5.82 Å². The molecule has 0 saturated carbocycles. The second-order valence-corrected chi connectivity index (χ2v) is 7.18. The molecule has 0 unspecified atom stereocenters. The minimum absolute atomic E-state index is 0.111. The first kappa shape index (κ1) is 17.1. The molecule has 0 spiro atoms. The summed E-state index contributed by atoms with van der Waals surface area (Å²) in [5.41, 5.74) is -0.925. The molecule has 122 valence electrons. The van der Waals surface area contributed by atoms with E-state index >= 15 is 0 Å². The summed E-state index contributed by atoms with van der Waals surface area (Å²) in [6.45, 7) is 8.38. The molecule has 0 atom stereocenters. The summed E-state index contributed by atoms with van der Waals surface area (Å²) in [5, 5.41) is 0. The van der Waals surface area contributed by atoms with Crippen LogP contribution in [0.4, 0.5) is 13.2 Å². The number of hydrogen-bond donors (Lipinski definition) is 0. The highest BCUT2D eigenvalue weighted by atomic mass is 19.4. The van der Waals surface area contributed by atoms with Crippen LogP contribution in [0.25, 0.3) is 0 Å². The number of nitrogens with zero attached hydrogens (tertiary/aromatic N) is 2. The molecular weight excluding hydrogens is 284 g/mol. The average molecular weight is 308 g/mol. The second kappa shape index (κ2) is 5.11. The minimum atomic E-state index is -4.26. The lowest BCUT2D eigenvalue weighted by Gasteiger charge is -2.44. The Morgan fingerprint density at radius 3 is 1.67 bits per heavy atom. The third-order valence-electron chi connectivity index (χ3n) is 4.83. The van der Waals surface area contributed by atoms with Gasteiger partial charge in [0.1, 0.15) is 0 Å². The van der Waals surface area contributed by atoms with Crippen molar-refractivity contribution in [2.24, 2.45) is 0 Å². The molecule has 8 heteroatoms. The fourth-order valence-electron chi connectivity index (χ4n) is 3.09. The van der Waals surface area contributed by atoms with Crippen LogP contribution < -0.4 is 0 Å². The molecule has 2 rings (SSSR count). The zero-order valence-electron chi connectivity index (χ0n) is 13.5. The minimum Gasteiger partial charge on any atom is -0.403 e. The molecule has 21 heavy (non-hydrogen) atoms. The quantitative estimate of drug-likeness (QED) is 0.694. The van der Waals surface area contributed by atoms with Crippen molar-refractivity contribution in [3.05, 3.63) is 0 Å². The van der Waals surface area contributed by atoms with E-state index in [1.54, 1.807) is 0 Å². The van der Waals surface area contributed by atoms with Gasteiger partial charge in [0.05, 0.1) is 11.2 Å². The second-order valence-electron chi connectivity index (χ2n) is 7.18. The Hall–Kier alpha value is -0.305. The Kier molecular flexibility index (Phi) is 4.15. The van der Waals surface area contributed by atoms with E-state index in [2.05, 4.69) is 0 Å². The summed E-state index contributed by atoms with van der Waals surface area (Å²) >= 11 is 0. The lowest BCUT2D eigenvalue weighted by Crippen LogP contribution is -2.61. The molecule has 0 radical (unpaired) electrons. The van der Waals surface area contributed by atoms with Crippen molar-refractivity contribution in [1.82, 2.24) is 9.80 Å². The SMILES string of the molecule is CN1CC(B2OC(C)(C)C(C)(C)O2)CN(C)C1C(F)(F)F. The van der Waals surface area contributed by atoms with Crippen LogP contribution >= 0.6 is 0 Å². The van der Waals surface area contributed by atoms with Crippen LogP contribution in [0.2, 0.25) is 5.82 Å². The van der Waals surface area contributed by atoms with Crippen LogP contribution in [-0.2, 0) is 9.31 Å². The molecule has 2 aliphatic rings. The van der Waals surface area contributed by atoms with Gasteiger partial charge < -0.3 is 9.31 Å². The molecule has 0 N–H and O–H groups in total. The smallest absolute Gasteiger partial charge is 0.403 e. The zero-order valence-corrected chi connectivity index (χ0v) is 13.5. The Morgan fingerprint density at radius 2 is 1.33 bits per heavy atom. The molecule has 0 amide bonds. The fraction of sp³-hybridized carbons (Fsp3) is 1.00. The maximum Gasteiger partial charge on any atom is 0.463 e. The predicted octanol–water partition coefficient (Wildman–Crippen LogP) is 2.21. The Balaban J connectivity index is 2.09. The van der Waals surface area contributed by atoms with Crippen molar-refractivity contribution in [2.75, 3.05) is 27.2 Å². The lowest BCUT2D eigenvalue weighted by atomic mass is 9.70. The third-order valence-corrected chi connectivity index (χ3v) is 4.83. The van der Waals surface area contributed by atoms with Crippen molar-refractivity contribution in [3.63, 3.8) is 0 Å². The number of rotatable bonds is 1. The van der Waals surface area contributed by atoms with Gasteiger partial charge in [-0.2, -0.15) is 13.2 Å². The van der Waals surface area contributed by atoms with E-state index in [1.807, 2.05) is 27.7 Å². The van der Waals surface area contributed by atoms with E-state index in [1.165, 1.54) is 23.9 Å². The largest absolute Gasteiger partial charge is 0.463 e. The van der Waals surface area contributed by atoms with Gasteiger partial charge in [0.15, 0.2) is 6.17 Å². The molecule has 0 aromatic carbocycles. The van der Waals surface area contributed by atoms with Crippen molar-refractivity contribution in [3.8, 4) is 0 Å². The van der Waals surface area contributed by atoms with Crippen molar-refractivity contribution in [1.29, 1.82) is 0 Å². The van der Waals surface area contributed by atoms with Gasteiger partial charge in [-0.15, -0.1) is 0 Å². The summed E-state index contributed by atoms with van der Waals surface area (Å²) in [6.07, 6.45) is -5.80. The fourth-order valence-corrected chi connectivity index (χ4v) is 3.09. The highest BCUT2D eigenvalue weighted by molar-refractivity contribution is 6.47. The Morgan fingerprint density at radius 1 is 0.952 bits per heavy atom. The molecule has 2 fully saturated rings. The molecule has 0 aliphatic carbocycles. The predicted molar refractivity (Wildman–Crippen MR) is 74.9 cm³/mol. The van der Waals surface area contributed by atoms with Gasteiger partial charge >= 0.3 is 13.3 Å². The van der Waals surface area contributed by atoms with Gasteiger partial charge in [-0.05, 0) is 41.8 Å². The Bertz CT molecular complexity index is 375. The van der Waals surface area contributed by atoms with Gasteiger partial charge in [0.2, 0.25) is 0 Å². The van der Waals surface area contributed by atoms with Crippen LogP contribution in [0.5, 0.6) is 0 Å². The van der Waals surface area contributed by atoms with Crippen molar-refractivity contribution in [2.45, 2.75) is 57.1 Å². The standard InChI is InChI=1S/C13H24BF3N2O2/c1-11(2)12(3,4)21-14(20-11)9-7-18(5)10(13(15,16)17)19(6)8-9/h9-10H,7-8H2,1-6H3. The van der Waals surface area contributed by atoms with E-state index in [9.17, 15) is 13.2 Å². The first-order chi connectivity index (χ1) is 9.35. The average Bonchev–Trinajstić information content (AvgIpc) is 2.44. The van der Waals surface area contributed by atoms with Gasteiger partial charge in [-0.3, -0.25) is 9.80 Å². The normalized spacial score (nSPS) is 34.4. The summed E-state index contributed by atoms with van der Waals surface area (Å²) in [7, 11) is 2.51. The van der Waals surface area contributed by atoms with Crippen LogP contribution in [0.3, 0.4) is 0 Å². The first-order valence-electron chi connectivity index (χ1n) is 7.18. The number of halogens is 3. The molecule has 0 aromatic heterocycles. The number of hydrogen-bond acceptors (Lipinski definition) is 4. The lowest BCUT2D eigenvalue weighted by molar-refractivity contribution is -0.226. The third kappa shape index (κ3) is 3.09. The van der Waals surface area contributed by atoms with E-state index < -0.39 is 30.7 Å². The van der Waals surface area contributed by atoms with Gasteiger partial charge in [0.25, 0.3) is 0 Å². The topological polar surface area (TPSA) is 24.9 Å². The van der Waals surface area contributed by atoms with Crippen LogP contribution in [0.15, 0.2) is 0 Å². The van der Waals surface area contributed by atoms with E-state index in [0.29, 0.717) is 13.1 Å². The Labute approximate surface area is 124 Å². The van der Waals surface area contributed by atoms with E-state index in [4.69, 9.17) is 9.31 Å². The van der Waals surface area contributed by atoms with Crippen LogP contribution in [0, 0.1) is 0 Å². The van der Waals surface area contributed by atoms with E-state index in [0.717, 1.165) is 0 Å². The summed E-state index contributed by atoms with van der Waals surface area (Å²) < 4.78 is 51.1. The molecule has 0 bridgehead atoms. The maximum atomic E-state index is 13.0.